The zero-order valence-electron chi connectivity index (χ0n) is 16.2. The van der Waals surface area contributed by atoms with Crippen molar-refractivity contribution in [3.05, 3.63) is 53.2 Å². The molecule has 0 saturated heterocycles. The van der Waals surface area contributed by atoms with Crippen molar-refractivity contribution in [2.24, 2.45) is 0 Å². The van der Waals surface area contributed by atoms with Crippen molar-refractivity contribution in [2.45, 2.75) is 37.6 Å². The monoisotopic (exact) mass is 419 g/mol. The molecule has 8 heteroatoms. The molecule has 0 spiro atoms. The largest absolute Gasteiger partial charge is 0.326 e. The number of aromatic nitrogens is 2. The molecule has 0 saturated carbocycles. The summed E-state index contributed by atoms with van der Waals surface area (Å²) in [6.07, 6.45) is 2.95. The number of nitrogens with zero attached hydrogens (tertiary/aromatic N) is 2. The minimum atomic E-state index is -3.51. The molecule has 6 nitrogen and oxygen atoms in total. The first-order chi connectivity index (χ1) is 12.9. The van der Waals surface area contributed by atoms with Crippen LogP contribution in [0.5, 0.6) is 0 Å². The number of carbonyl (C=O) groups is 1. The molecular formula is C20H22ClN3O3S. The van der Waals surface area contributed by atoms with Gasteiger partial charge in [0.05, 0.1) is 22.4 Å². The van der Waals surface area contributed by atoms with Crippen molar-refractivity contribution >= 4 is 43.9 Å². The van der Waals surface area contributed by atoms with E-state index in [2.05, 4.69) is 10.4 Å². The van der Waals surface area contributed by atoms with E-state index in [1.807, 2.05) is 20.8 Å². The summed E-state index contributed by atoms with van der Waals surface area (Å²) in [5, 5.41) is 8.30. The van der Waals surface area contributed by atoms with Gasteiger partial charge in [0.1, 0.15) is 0 Å². The van der Waals surface area contributed by atoms with Crippen LogP contribution in [0, 0.1) is 0 Å². The highest BCUT2D eigenvalue weighted by atomic mass is 35.5. The molecule has 2 aromatic carbocycles. The maximum absolute atomic E-state index is 12.5. The molecule has 3 rings (SSSR count). The van der Waals surface area contributed by atoms with E-state index >= 15 is 0 Å². The first kappa shape index (κ1) is 20.4. The normalized spacial score (nSPS) is 12.3. The lowest BCUT2D eigenvalue weighted by Crippen LogP contribution is -2.21. The Hall–Kier alpha value is -2.38. The van der Waals surface area contributed by atoms with Gasteiger partial charge in [-0.2, -0.15) is 5.10 Å². The summed E-state index contributed by atoms with van der Waals surface area (Å²) >= 11 is 6.11. The van der Waals surface area contributed by atoms with Gasteiger partial charge < -0.3 is 5.32 Å². The van der Waals surface area contributed by atoms with Crippen LogP contribution in [0.2, 0.25) is 5.02 Å². The third-order valence-corrected chi connectivity index (χ3v) is 5.77. The van der Waals surface area contributed by atoms with E-state index in [0.717, 1.165) is 6.26 Å². The highest BCUT2D eigenvalue weighted by Crippen LogP contribution is 2.29. The Kier molecular flexibility index (Phi) is 5.25. The molecule has 0 bridgehead atoms. The zero-order valence-corrected chi connectivity index (χ0v) is 17.7. The van der Waals surface area contributed by atoms with Gasteiger partial charge in [0.2, 0.25) is 5.91 Å². The van der Waals surface area contributed by atoms with Crippen LogP contribution in [0.15, 0.2) is 47.5 Å². The molecule has 0 unspecified atom stereocenters. The summed E-state index contributed by atoms with van der Waals surface area (Å²) in [6.45, 7) is 5.93. The van der Waals surface area contributed by atoms with Crippen molar-refractivity contribution in [1.29, 1.82) is 0 Å². The van der Waals surface area contributed by atoms with Gasteiger partial charge in [-0.25, -0.2) is 8.42 Å². The number of rotatable bonds is 4. The van der Waals surface area contributed by atoms with Gasteiger partial charge >= 0.3 is 0 Å². The van der Waals surface area contributed by atoms with Crippen LogP contribution in [0.3, 0.4) is 0 Å². The summed E-state index contributed by atoms with van der Waals surface area (Å²) < 4.78 is 26.3. The van der Waals surface area contributed by atoms with E-state index in [-0.39, 0.29) is 22.8 Å². The molecule has 0 radical (unpaired) electrons. The van der Waals surface area contributed by atoms with Crippen LogP contribution in [0.1, 0.15) is 26.3 Å². The number of hydrogen-bond acceptors (Lipinski definition) is 4. The highest BCUT2D eigenvalue weighted by Gasteiger charge is 2.21. The fourth-order valence-electron chi connectivity index (χ4n) is 2.83. The smallest absolute Gasteiger partial charge is 0.228 e. The Balaban J connectivity index is 1.99. The lowest BCUT2D eigenvalue weighted by molar-refractivity contribution is -0.115. The Morgan fingerprint density at radius 3 is 2.50 bits per heavy atom. The second kappa shape index (κ2) is 7.22. The van der Waals surface area contributed by atoms with Crippen LogP contribution < -0.4 is 5.32 Å². The number of nitrogens with one attached hydrogen (secondary N) is 1. The quantitative estimate of drug-likeness (QED) is 0.692. The van der Waals surface area contributed by atoms with Gasteiger partial charge in [-0.3, -0.25) is 9.48 Å². The molecule has 28 heavy (non-hydrogen) atoms. The number of sulfone groups is 1. The van der Waals surface area contributed by atoms with Crippen molar-refractivity contribution in [2.75, 3.05) is 11.6 Å². The average Bonchev–Trinajstić information content (AvgIpc) is 2.99. The molecule has 1 heterocycles. The molecule has 3 aromatic rings. The molecule has 0 aliphatic heterocycles. The first-order valence-electron chi connectivity index (χ1n) is 8.72. The molecule has 0 atom stereocenters. The fraction of sp³-hybridized carbons (Fsp3) is 0.300. The van der Waals surface area contributed by atoms with E-state index in [9.17, 15) is 13.2 Å². The first-order valence-corrected chi connectivity index (χ1v) is 11.0. The molecule has 148 valence electrons. The minimum absolute atomic E-state index is 0.0857. The van der Waals surface area contributed by atoms with Gasteiger partial charge in [0.25, 0.3) is 0 Å². The number of hydrogen-bond donors (Lipinski definition) is 1. The molecule has 1 amide bonds. The number of benzene rings is 2. The van der Waals surface area contributed by atoms with Crippen molar-refractivity contribution in [1.82, 2.24) is 9.78 Å². The second-order valence-electron chi connectivity index (χ2n) is 7.74. The van der Waals surface area contributed by atoms with E-state index < -0.39 is 9.84 Å². The zero-order chi connectivity index (χ0) is 20.7. The predicted octanol–water partition coefficient (Wildman–Crippen LogP) is 4.03. The number of halogens is 1. The van der Waals surface area contributed by atoms with Crippen LogP contribution in [-0.4, -0.2) is 30.4 Å². The standard InChI is InChI=1S/C20H22ClN3O3S/c1-20(2,3)24-12-15-17(23-24)10-14(11-18(15)28(4,26)27)22-19(25)9-13-7-5-6-8-16(13)21/h5-8,10-12H,9H2,1-4H3,(H,22,25). The summed E-state index contributed by atoms with van der Waals surface area (Å²) in [4.78, 5) is 12.6. The van der Waals surface area contributed by atoms with Crippen molar-refractivity contribution in [3.63, 3.8) is 0 Å². The maximum Gasteiger partial charge on any atom is 0.228 e. The molecule has 1 aromatic heterocycles. The van der Waals surface area contributed by atoms with Gasteiger partial charge in [-0.05, 0) is 44.5 Å². The lowest BCUT2D eigenvalue weighted by atomic mass is 10.1. The Labute approximate surface area is 169 Å². The number of amides is 1. The van der Waals surface area contributed by atoms with E-state index in [1.54, 1.807) is 41.2 Å². The van der Waals surface area contributed by atoms with Crippen molar-refractivity contribution < 1.29 is 13.2 Å². The fourth-order valence-corrected chi connectivity index (χ4v) is 3.93. The molecule has 0 fully saturated rings. The number of anilines is 1. The van der Waals surface area contributed by atoms with E-state index in [4.69, 9.17) is 11.6 Å². The summed E-state index contributed by atoms with van der Waals surface area (Å²) in [5.41, 5.74) is 1.28. The lowest BCUT2D eigenvalue weighted by Gasteiger charge is -2.18. The molecular weight excluding hydrogens is 398 g/mol. The highest BCUT2D eigenvalue weighted by molar-refractivity contribution is 7.91. The van der Waals surface area contributed by atoms with Crippen LogP contribution in [0.25, 0.3) is 10.9 Å². The van der Waals surface area contributed by atoms with Gasteiger partial charge in [-0.1, -0.05) is 29.8 Å². The average molecular weight is 420 g/mol. The maximum atomic E-state index is 12.5. The Bertz CT molecular complexity index is 1160. The summed E-state index contributed by atoms with van der Waals surface area (Å²) in [6, 6.07) is 10.2. The molecule has 0 aliphatic carbocycles. The summed E-state index contributed by atoms with van der Waals surface area (Å²) in [5.74, 6) is -0.290. The molecule has 1 N–H and O–H groups in total. The molecule has 0 aliphatic rings. The number of fused-ring (bicyclic) bond motifs is 1. The Morgan fingerprint density at radius 1 is 1.21 bits per heavy atom. The van der Waals surface area contributed by atoms with Gasteiger partial charge in [0, 0.05) is 28.5 Å². The second-order valence-corrected chi connectivity index (χ2v) is 10.1. The van der Waals surface area contributed by atoms with E-state index in [0.29, 0.717) is 27.2 Å². The Morgan fingerprint density at radius 2 is 1.89 bits per heavy atom. The van der Waals surface area contributed by atoms with Crippen LogP contribution in [0.4, 0.5) is 5.69 Å². The van der Waals surface area contributed by atoms with Gasteiger partial charge in [0.15, 0.2) is 9.84 Å². The summed E-state index contributed by atoms with van der Waals surface area (Å²) in [7, 11) is -3.51. The third-order valence-electron chi connectivity index (χ3n) is 4.27. The topological polar surface area (TPSA) is 81.1 Å². The third kappa shape index (κ3) is 4.36. The SMILES string of the molecule is CC(C)(C)n1cc2c(S(C)(=O)=O)cc(NC(=O)Cc3ccccc3Cl)cc2n1. The van der Waals surface area contributed by atoms with E-state index in [1.165, 1.54) is 6.07 Å². The number of carbonyl (C=O) groups excluding carboxylic acids is 1. The predicted molar refractivity (Wildman–Crippen MR) is 112 cm³/mol. The van der Waals surface area contributed by atoms with Crippen molar-refractivity contribution in [3.8, 4) is 0 Å². The van der Waals surface area contributed by atoms with Crippen LogP contribution >= 0.6 is 11.6 Å². The minimum Gasteiger partial charge on any atom is -0.326 e. The van der Waals surface area contributed by atoms with Crippen LogP contribution in [-0.2, 0) is 26.6 Å². The van der Waals surface area contributed by atoms with Gasteiger partial charge in [-0.15, -0.1) is 0 Å².